The van der Waals surface area contributed by atoms with E-state index in [0.717, 1.165) is 38.9 Å². The molecule has 1 fully saturated rings. The van der Waals surface area contributed by atoms with Gasteiger partial charge in [-0.2, -0.15) is 0 Å². The van der Waals surface area contributed by atoms with Crippen LogP contribution in [0.25, 0.3) is 0 Å². The zero-order chi connectivity index (χ0) is 13.9. The van der Waals surface area contributed by atoms with Crippen molar-refractivity contribution in [3.05, 3.63) is 35.4 Å². The summed E-state index contributed by atoms with van der Waals surface area (Å²) in [7, 11) is 1.73. The van der Waals surface area contributed by atoms with E-state index in [9.17, 15) is 4.79 Å². The summed E-state index contributed by atoms with van der Waals surface area (Å²) in [5, 5.41) is 3.37. The van der Waals surface area contributed by atoms with Crippen molar-refractivity contribution in [3.8, 4) is 0 Å². The zero-order valence-corrected chi connectivity index (χ0v) is 12.0. The van der Waals surface area contributed by atoms with Gasteiger partial charge < -0.3 is 15.0 Å². The van der Waals surface area contributed by atoms with Gasteiger partial charge in [0.15, 0.2) is 0 Å². The van der Waals surface area contributed by atoms with Gasteiger partial charge in [-0.05, 0) is 30.4 Å². The number of carbonyl (C=O) groups is 1. The van der Waals surface area contributed by atoms with E-state index in [2.05, 4.69) is 23.5 Å². The minimum absolute atomic E-state index is 0.0829. The van der Waals surface area contributed by atoms with E-state index in [4.69, 9.17) is 4.74 Å². The van der Waals surface area contributed by atoms with E-state index in [1.807, 2.05) is 11.0 Å². The van der Waals surface area contributed by atoms with Gasteiger partial charge in [0.2, 0.25) is 5.91 Å². The molecule has 2 aliphatic heterocycles. The van der Waals surface area contributed by atoms with Crippen molar-refractivity contribution in [1.82, 2.24) is 10.2 Å². The van der Waals surface area contributed by atoms with Gasteiger partial charge in [0.1, 0.15) is 0 Å². The molecule has 0 radical (unpaired) electrons. The number of nitrogens with zero attached hydrogens (tertiary/aromatic N) is 1. The van der Waals surface area contributed by atoms with Crippen molar-refractivity contribution in [2.24, 2.45) is 0 Å². The fourth-order valence-corrected chi connectivity index (χ4v) is 3.18. The van der Waals surface area contributed by atoms with Crippen LogP contribution < -0.4 is 5.32 Å². The van der Waals surface area contributed by atoms with E-state index in [1.54, 1.807) is 7.11 Å². The minimum Gasteiger partial charge on any atom is -0.380 e. The maximum absolute atomic E-state index is 12.6. The summed E-state index contributed by atoms with van der Waals surface area (Å²) in [5.41, 5.74) is 2.61. The molecule has 1 aromatic carbocycles. The number of piperidine rings is 1. The lowest BCUT2D eigenvalue weighted by molar-refractivity contribution is -0.137. The number of nitrogens with one attached hydrogen (secondary N) is 1. The molecule has 2 heterocycles. The van der Waals surface area contributed by atoms with Crippen molar-refractivity contribution in [2.75, 3.05) is 20.2 Å². The molecule has 20 heavy (non-hydrogen) atoms. The summed E-state index contributed by atoms with van der Waals surface area (Å²) in [6.07, 6.45) is 3.08. The molecule has 4 nitrogen and oxygen atoms in total. The SMILES string of the molecule is COC1CCCN(C(=O)[C@H]2Cc3ccccc3CN2)C1. The monoisotopic (exact) mass is 274 g/mol. The Morgan fingerprint density at radius 3 is 2.95 bits per heavy atom. The van der Waals surface area contributed by atoms with Gasteiger partial charge in [-0.15, -0.1) is 0 Å². The van der Waals surface area contributed by atoms with Crippen LogP contribution >= 0.6 is 0 Å². The van der Waals surface area contributed by atoms with Crippen LogP contribution in [0.1, 0.15) is 24.0 Å². The maximum atomic E-state index is 12.6. The van der Waals surface area contributed by atoms with Crippen LogP contribution in [0.15, 0.2) is 24.3 Å². The molecule has 1 N–H and O–H groups in total. The molecule has 0 aliphatic carbocycles. The van der Waals surface area contributed by atoms with Gasteiger partial charge >= 0.3 is 0 Å². The first kappa shape index (κ1) is 13.6. The standard InChI is InChI=1S/C16H22N2O2/c1-20-14-7-4-8-18(11-14)16(19)15-9-12-5-2-3-6-13(12)10-17-15/h2-3,5-6,14-15,17H,4,7-11H2,1H3/t14?,15-/m1/s1. The number of benzene rings is 1. The fraction of sp³-hybridized carbons (Fsp3) is 0.562. The molecule has 108 valence electrons. The Bertz CT molecular complexity index is 489. The van der Waals surface area contributed by atoms with Crippen LogP contribution in [0.5, 0.6) is 0 Å². The van der Waals surface area contributed by atoms with Crippen LogP contribution in [0.2, 0.25) is 0 Å². The van der Waals surface area contributed by atoms with Gasteiger partial charge in [0, 0.05) is 26.7 Å². The first-order chi connectivity index (χ1) is 9.78. The van der Waals surface area contributed by atoms with Crippen LogP contribution in [-0.2, 0) is 22.5 Å². The number of ether oxygens (including phenoxy) is 1. The number of methoxy groups -OCH3 is 1. The maximum Gasteiger partial charge on any atom is 0.240 e. The van der Waals surface area contributed by atoms with Crippen LogP contribution in [0, 0.1) is 0 Å². The van der Waals surface area contributed by atoms with Gasteiger partial charge in [-0.3, -0.25) is 4.79 Å². The highest BCUT2D eigenvalue weighted by atomic mass is 16.5. The zero-order valence-electron chi connectivity index (χ0n) is 12.0. The third kappa shape index (κ3) is 2.72. The molecule has 3 rings (SSSR count). The summed E-state index contributed by atoms with van der Waals surface area (Å²) in [5.74, 6) is 0.223. The topological polar surface area (TPSA) is 41.6 Å². The number of fused-ring (bicyclic) bond motifs is 1. The molecule has 1 amide bonds. The third-order valence-corrected chi connectivity index (χ3v) is 4.40. The minimum atomic E-state index is -0.0829. The Kier molecular flexibility index (Phi) is 4.03. The molecule has 0 bridgehead atoms. The second-order valence-corrected chi connectivity index (χ2v) is 5.69. The third-order valence-electron chi connectivity index (χ3n) is 4.40. The highest BCUT2D eigenvalue weighted by Crippen LogP contribution is 2.19. The first-order valence-electron chi connectivity index (χ1n) is 7.39. The smallest absolute Gasteiger partial charge is 0.240 e. The average molecular weight is 274 g/mol. The predicted octanol–water partition coefficient (Wildman–Crippen LogP) is 1.34. The lowest BCUT2D eigenvalue weighted by atomic mass is 9.94. The second kappa shape index (κ2) is 5.94. The fourth-order valence-electron chi connectivity index (χ4n) is 3.18. The van der Waals surface area contributed by atoms with Crippen LogP contribution in [0.3, 0.4) is 0 Å². The molecule has 2 aliphatic rings. The predicted molar refractivity (Wildman–Crippen MR) is 77.4 cm³/mol. The van der Waals surface area contributed by atoms with Crippen molar-refractivity contribution >= 4 is 5.91 Å². The Morgan fingerprint density at radius 1 is 1.35 bits per heavy atom. The summed E-state index contributed by atoms with van der Waals surface area (Å²) in [4.78, 5) is 14.6. The summed E-state index contributed by atoms with van der Waals surface area (Å²) in [6.45, 7) is 2.38. The lowest BCUT2D eigenvalue weighted by Crippen LogP contribution is -2.53. The molecule has 1 unspecified atom stereocenters. The van der Waals surface area contributed by atoms with Gasteiger partial charge in [-0.1, -0.05) is 24.3 Å². The largest absolute Gasteiger partial charge is 0.380 e. The molecule has 0 saturated carbocycles. The van der Waals surface area contributed by atoms with Gasteiger partial charge in [0.05, 0.1) is 12.1 Å². The van der Waals surface area contributed by atoms with E-state index < -0.39 is 0 Å². The van der Waals surface area contributed by atoms with Crippen molar-refractivity contribution in [1.29, 1.82) is 0 Å². The van der Waals surface area contributed by atoms with Crippen LogP contribution in [0.4, 0.5) is 0 Å². The Morgan fingerprint density at radius 2 is 2.15 bits per heavy atom. The summed E-state index contributed by atoms with van der Waals surface area (Å²) in [6, 6.07) is 8.28. The van der Waals surface area contributed by atoms with Gasteiger partial charge in [-0.25, -0.2) is 0 Å². The molecule has 2 atom stereocenters. The number of hydrogen-bond acceptors (Lipinski definition) is 3. The van der Waals surface area contributed by atoms with E-state index in [1.165, 1.54) is 11.1 Å². The number of likely N-dealkylation sites (tertiary alicyclic amines) is 1. The number of carbonyl (C=O) groups excluding carboxylic acids is 1. The summed E-state index contributed by atoms with van der Waals surface area (Å²) < 4.78 is 5.40. The van der Waals surface area contributed by atoms with E-state index in [-0.39, 0.29) is 18.1 Å². The quantitative estimate of drug-likeness (QED) is 0.885. The molecule has 0 aromatic heterocycles. The molecule has 1 aromatic rings. The highest BCUT2D eigenvalue weighted by Gasteiger charge is 2.30. The van der Waals surface area contributed by atoms with Crippen molar-refractivity contribution in [3.63, 3.8) is 0 Å². The molecule has 1 saturated heterocycles. The first-order valence-corrected chi connectivity index (χ1v) is 7.39. The van der Waals surface area contributed by atoms with E-state index in [0.29, 0.717) is 0 Å². The highest BCUT2D eigenvalue weighted by molar-refractivity contribution is 5.82. The number of rotatable bonds is 2. The Balaban J connectivity index is 1.67. The van der Waals surface area contributed by atoms with Crippen LogP contribution in [-0.4, -0.2) is 43.2 Å². The van der Waals surface area contributed by atoms with Gasteiger partial charge in [0.25, 0.3) is 0 Å². The average Bonchev–Trinajstić information content (AvgIpc) is 2.53. The molecular formula is C16H22N2O2. The molecule has 4 heteroatoms. The molecule has 0 spiro atoms. The second-order valence-electron chi connectivity index (χ2n) is 5.69. The number of hydrogen-bond donors (Lipinski definition) is 1. The van der Waals surface area contributed by atoms with E-state index >= 15 is 0 Å². The number of amides is 1. The summed E-state index contributed by atoms with van der Waals surface area (Å²) >= 11 is 0. The Hall–Kier alpha value is -1.39. The van der Waals surface area contributed by atoms with Crippen molar-refractivity contribution in [2.45, 2.75) is 38.0 Å². The lowest BCUT2D eigenvalue weighted by Gasteiger charge is -2.36. The van der Waals surface area contributed by atoms with Crippen molar-refractivity contribution < 1.29 is 9.53 Å². The molecular weight excluding hydrogens is 252 g/mol. The normalized spacial score (nSPS) is 26.1. The Labute approximate surface area is 120 Å².